The molecule has 4 rings (SSSR count). The van der Waals surface area contributed by atoms with Gasteiger partial charge in [0.1, 0.15) is 16.4 Å². The monoisotopic (exact) mass is 388 g/mol. The third kappa shape index (κ3) is 3.37. The fourth-order valence-corrected chi connectivity index (χ4v) is 4.41. The van der Waals surface area contributed by atoms with Crippen LogP contribution in [0, 0.1) is 0 Å². The van der Waals surface area contributed by atoms with Crippen molar-refractivity contribution in [2.45, 2.75) is 6.92 Å². The molecule has 0 bridgehead atoms. The number of piperazine rings is 1. The molecule has 0 spiro atoms. The number of fused-ring (bicyclic) bond motifs is 1. The molecule has 0 unspecified atom stereocenters. The Hall–Kier alpha value is -1.89. The molecule has 0 radical (unpaired) electrons. The number of anilines is 1. The summed E-state index contributed by atoms with van der Waals surface area (Å²) in [5, 5.41) is 3.55. The van der Waals surface area contributed by atoms with Crippen LogP contribution in [0.1, 0.15) is 6.92 Å². The Morgan fingerprint density at radius 1 is 1.12 bits per heavy atom. The van der Waals surface area contributed by atoms with Gasteiger partial charge in [-0.1, -0.05) is 12.1 Å². The Bertz CT molecular complexity index is 904. The molecule has 7 heteroatoms. The molecule has 0 amide bonds. The Morgan fingerprint density at radius 2 is 1.85 bits per heavy atom. The van der Waals surface area contributed by atoms with E-state index in [1.54, 1.807) is 11.3 Å². The number of rotatable bonds is 4. The maximum Gasteiger partial charge on any atom is 0.225 e. The van der Waals surface area contributed by atoms with E-state index in [1.807, 2.05) is 19.1 Å². The highest BCUT2D eigenvalue weighted by Gasteiger charge is 2.22. The quantitative estimate of drug-likeness (QED) is 0.627. The van der Waals surface area contributed by atoms with E-state index >= 15 is 0 Å². The first kappa shape index (κ1) is 17.5. The number of hydrogen-bond donors (Lipinski definition) is 0. The molecule has 1 saturated heterocycles. The van der Waals surface area contributed by atoms with Crippen LogP contribution in [0.15, 0.2) is 29.6 Å². The number of aromatic nitrogens is 2. The molecular weight excluding hydrogens is 368 g/mol. The molecule has 0 aliphatic carbocycles. The molecule has 136 valence electrons. The smallest absolute Gasteiger partial charge is 0.225 e. The van der Waals surface area contributed by atoms with Gasteiger partial charge >= 0.3 is 0 Å². The van der Waals surface area contributed by atoms with Crippen LogP contribution in [-0.2, 0) is 0 Å². The lowest BCUT2D eigenvalue weighted by Crippen LogP contribution is -2.44. The summed E-state index contributed by atoms with van der Waals surface area (Å²) >= 11 is 7.83. The summed E-state index contributed by atoms with van der Waals surface area (Å²) in [7, 11) is 2.15. The van der Waals surface area contributed by atoms with Gasteiger partial charge in [0.2, 0.25) is 5.28 Å². The number of halogens is 1. The van der Waals surface area contributed by atoms with Crippen molar-refractivity contribution < 1.29 is 4.74 Å². The van der Waals surface area contributed by atoms with Crippen molar-refractivity contribution in [3.63, 3.8) is 0 Å². The predicted molar refractivity (Wildman–Crippen MR) is 109 cm³/mol. The number of benzene rings is 1. The third-order valence-electron chi connectivity index (χ3n) is 4.67. The van der Waals surface area contributed by atoms with Crippen LogP contribution in [0.5, 0.6) is 5.75 Å². The van der Waals surface area contributed by atoms with Crippen LogP contribution in [0.4, 0.5) is 5.82 Å². The van der Waals surface area contributed by atoms with Crippen molar-refractivity contribution in [3.8, 4) is 16.9 Å². The van der Waals surface area contributed by atoms with Gasteiger partial charge in [0.15, 0.2) is 0 Å². The minimum absolute atomic E-state index is 0.312. The van der Waals surface area contributed by atoms with Crippen LogP contribution in [0.25, 0.3) is 21.3 Å². The number of thiophene rings is 1. The highest BCUT2D eigenvalue weighted by Crippen LogP contribution is 2.39. The summed E-state index contributed by atoms with van der Waals surface area (Å²) in [5.74, 6) is 1.83. The van der Waals surface area contributed by atoms with Gasteiger partial charge in [0.25, 0.3) is 0 Å². The van der Waals surface area contributed by atoms with Gasteiger partial charge in [-0.15, -0.1) is 11.3 Å². The fraction of sp³-hybridized carbons (Fsp3) is 0.368. The zero-order chi connectivity index (χ0) is 18.1. The molecule has 1 aromatic carbocycles. The summed E-state index contributed by atoms with van der Waals surface area (Å²) in [6.07, 6.45) is 0. The third-order valence-corrected chi connectivity index (χ3v) is 5.71. The minimum Gasteiger partial charge on any atom is -0.494 e. The molecule has 2 aromatic heterocycles. The van der Waals surface area contributed by atoms with Crippen LogP contribution in [0.3, 0.4) is 0 Å². The van der Waals surface area contributed by atoms with E-state index in [0.29, 0.717) is 11.9 Å². The summed E-state index contributed by atoms with van der Waals surface area (Å²) in [6.45, 7) is 6.58. The van der Waals surface area contributed by atoms with Crippen molar-refractivity contribution in [1.82, 2.24) is 14.9 Å². The zero-order valence-electron chi connectivity index (χ0n) is 14.9. The van der Waals surface area contributed by atoms with Crippen molar-refractivity contribution in [2.24, 2.45) is 0 Å². The Morgan fingerprint density at radius 3 is 2.54 bits per heavy atom. The summed E-state index contributed by atoms with van der Waals surface area (Å²) in [5.41, 5.74) is 2.29. The van der Waals surface area contributed by atoms with Gasteiger partial charge in [-0.2, -0.15) is 4.98 Å². The van der Waals surface area contributed by atoms with Crippen LogP contribution >= 0.6 is 22.9 Å². The molecule has 26 heavy (non-hydrogen) atoms. The van der Waals surface area contributed by atoms with Crippen molar-refractivity contribution in [3.05, 3.63) is 34.9 Å². The van der Waals surface area contributed by atoms with Crippen LogP contribution in [0.2, 0.25) is 5.28 Å². The second-order valence-electron chi connectivity index (χ2n) is 6.39. The summed E-state index contributed by atoms with van der Waals surface area (Å²) < 4.78 is 5.56. The Kier molecular flexibility index (Phi) is 4.98. The van der Waals surface area contributed by atoms with Gasteiger partial charge in [-0.05, 0) is 43.3 Å². The Balaban J connectivity index is 1.78. The molecule has 1 fully saturated rings. The first-order chi connectivity index (χ1) is 12.7. The van der Waals surface area contributed by atoms with E-state index in [2.05, 4.69) is 44.3 Å². The molecule has 1 aliphatic heterocycles. The van der Waals surface area contributed by atoms with Crippen LogP contribution in [-0.4, -0.2) is 54.7 Å². The average molecular weight is 389 g/mol. The van der Waals surface area contributed by atoms with E-state index in [1.165, 1.54) is 0 Å². The molecule has 3 aromatic rings. The van der Waals surface area contributed by atoms with Crippen molar-refractivity contribution in [2.75, 3.05) is 44.7 Å². The van der Waals surface area contributed by atoms with Crippen molar-refractivity contribution in [1.29, 1.82) is 0 Å². The highest BCUT2D eigenvalue weighted by molar-refractivity contribution is 7.17. The van der Waals surface area contributed by atoms with E-state index < -0.39 is 0 Å². The maximum absolute atomic E-state index is 6.21. The molecule has 0 atom stereocenters. The largest absolute Gasteiger partial charge is 0.494 e. The highest BCUT2D eigenvalue weighted by atomic mass is 35.5. The predicted octanol–water partition coefficient (Wildman–Crippen LogP) is 4.16. The van der Waals surface area contributed by atoms with Gasteiger partial charge in [0, 0.05) is 37.1 Å². The average Bonchev–Trinajstić information content (AvgIpc) is 3.06. The SMILES string of the molecule is CCOc1ccc(-c2csc3nc(Cl)nc(N4CCN(C)CC4)c23)cc1. The van der Waals surface area contributed by atoms with Gasteiger partial charge in [-0.25, -0.2) is 4.98 Å². The molecule has 0 N–H and O–H groups in total. The number of ether oxygens (including phenoxy) is 1. The lowest BCUT2D eigenvalue weighted by atomic mass is 10.1. The number of hydrogen-bond acceptors (Lipinski definition) is 6. The van der Waals surface area contributed by atoms with Gasteiger partial charge < -0.3 is 14.5 Å². The molecule has 5 nitrogen and oxygen atoms in total. The normalized spacial score (nSPS) is 15.6. The second kappa shape index (κ2) is 7.39. The zero-order valence-corrected chi connectivity index (χ0v) is 16.5. The summed E-state index contributed by atoms with van der Waals surface area (Å²) in [6, 6.07) is 8.20. The standard InChI is InChI=1S/C19H21ClN4OS/c1-3-25-14-6-4-13(5-7-14)15-12-26-18-16(15)17(21-19(20)22-18)24-10-8-23(2)9-11-24/h4-7,12H,3,8-11H2,1-2H3. The topological polar surface area (TPSA) is 41.5 Å². The van der Waals surface area contributed by atoms with Crippen molar-refractivity contribution >= 4 is 39.0 Å². The fourth-order valence-electron chi connectivity index (χ4n) is 3.26. The van der Waals surface area contributed by atoms with E-state index in [9.17, 15) is 0 Å². The second-order valence-corrected chi connectivity index (χ2v) is 7.59. The summed E-state index contributed by atoms with van der Waals surface area (Å²) in [4.78, 5) is 14.6. The van der Waals surface area contributed by atoms with E-state index in [4.69, 9.17) is 16.3 Å². The maximum atomic E-state index is 6.21. The van der Waals surface area contributed by atoms with Crippen LogP contribution < -0.4 is 9.64 Å². The molecule has 1 aliphatic rings. The molecule has 3 heterocycles. The lowest BCUT2D eigenvalue weighted by molar-refractivity contribution is 0.312. The van der Waals surface area contributed by atoms with Gasteiger partial charge in [0.05, 0.1) is 12.0 Å². The van der Waals surface area contributed by atoms with E-state index in [-0.39, 0.29) is 0 Å². The number of nitrogens with zero attached hydrogens (tertiary/aromatic N) is 4. The number of likely N-dealkylation sites (N-methyl/N-ethyl adjacent to an activating group) is 1. The van der Waals surface area contributed by atoms with Gasteiger partial charge in [-0.3, -0.25) is 0 Å². The first-order valence-electron chi connectivity index (χ1n) is 8.77. The first-order valence-corrected chi connectivity index (χ1v) is 10.0. The molecular formula is C19H21ClN4OS. The molecule has 0 saturated carbocycles. The Labute approximate surface area is 162 Å². The minimum atomic E-state index is 0.312. The lowest BCUT2D eigenvalue weighted by Gasteiger charge is -2.33. The van der Waals surface area contributed by atoms with E-state index in [0.717, 1.165) is 59.1 Å².